The topological polar surface area (TPSA) is 125 Å². The van der Waals surface area contributed by atoms with Crippen LogP contribution in [0.1, 0.15) is 23.0 Å². The molecule has 22 heavy (non-hydrogen) atoms. The van der Waals surface area contributed by atoms with Gasteiger partial charge in [0, 0.05) is 6.92 Å². The average Bonchev–Trinajstić information content (AvgIpc) is 2.70. The maximum absolute atomic E-state index is 12.5. The van der Waals surface area contributed by atoms with Gasteiger partial charge in [-0.2, -0.15) is 9.71 Å². The molecule has 0 fully saturated rings. The number of carbonyl (C=O) groups is 2. The maximum atomic E-state index is 12.5. The fourth-order valence-corrected chi connectivity index (χ4v) is 2.19. The van der Waals surface area contributed by atoms with Crippen LogP contribution in [0.25, 0.3) is 11.0 Å². The van der Waals surface area contributed by atoms with E-state index in [9.17, 15) is 19.5 Å². The van der Waals surface area contributed by atoms with Crippen molar-refractivity contribution in [3.05, 3.63) is 21.6 Å². The molecular formula is C12H14N4O6. The molecule has 0 radical (unpaired) electrons. The first-order valence-electron chi connectivity index (χ1n) is 6.11. The summed E-state index contributed by atoms with van der Waals surface area (Å²) in [5, 5.41) is 11.5. The summed E-state index contributed by atoms with van der Waals surface area (Å²) in [6.07, 6.45) is 0. The second-order valence-electron chi connectivity index (χ2n) is 4.34. The minimum absolute atomic E-state index is 0.0283. The van der Waals surface area contributed by atoms with Gasteiger partial charge in [-0.1, -0.05) is 0 Å². The summed E-state index contributed by atoms with van der Waals surface area (Å²) >= 11 is 0. The lowest BCUT2D eigenvalue weighted by Gasteiger charge is -2.10. The minimum Gasteiger partial charge on any atom is -0.478 e. The first-order chi connectivity index (χ1) is 10.3. The van der Waals surface area contributed by atoms with Crippen molar-refractivity contribution in [2.24, 2.45) is 0 Å². The summed E-state index contributed by atoms with van der Waals surface area (Å²) in [7, 11) is 2.50. The van der Waals surface area contributed by atoms with E-state index in [4.69, 9.17) is 9.68 Å². The van der Waals surface area contributed by atoms with Crippen LogP contribution in [0.5, 0.6) is 0 Å². The molecular weight excluding hydrogens is 296 g/mol. The van der Waals surface area contributed by atoms with E-state index in [1.807, 2.05) is 0 Å². The standard InChI is InChI=1S/C12H14N4O6/c1-5-7(11(19)20)8-9(15(5)21-3)14-12(13-6(2)17)16(22-4)10(8)18/h1-4H3,(H,19,20)(H,13,14,17). The van der Waals surface area contributed by atoms with E-state index < -0.39 is 17.4 Å². The molecule has 10 heteroatoms. The number of carboxylic acids is 1. The second-order valence-corrected chi connectivity index (χ2v) is 4.34. The number of nitrogens with zero attached hydrogens (tertiary/aromatic N) is 3. The Labute approximate surface area is 123 Å². The Balaban J connectivity index is 2.99. The predicted octanol–water partition coefficient (Wildman–Crippen LogP) is -0.720. The molecule has 2 aromatic rings. The summed E-state index contributed by atoms with van der Waals surface area (Å²) in [6.45, 7) is 2.71. The highest BCUT2D eigenvalue weighted by atomic mass is 16.7. The number of carbonyl (C=O) groups excluding carboxylic acids is 1. The Morgan fingerprint density at radius 3 is 2.27 bits per heavy atom. The van der Waals surface area contributed by atoms with Crippen molar-refractivity contribution in [3.63, 3.8) is 0 Å². The van der Waals surface area contributed by atoms with Crippen LogP contribution in [-0.4, -0.2) is 45.6 Å². The first kappa shape index (κ1) is 15.4. The highest BCUT2D eigenvalue weighted by Gasteiger charge is 2.27. The molecule has 10 nitrogen and oxygen atoms in total. The Bertz CT molecular complexity index is 834. The SMILES string of the molecule is COn1c(NC(C)=O)nc2c(c(C(=O)O)c(C)n2OC)c1=O. The molecule has 1 amide bonds. The van der Waals surface area contributed by atoms with Gasteiger partial charge in [0.1, 0.15) is 19.6 Å². The van der Waals surface area contributed by atoms with E-state index >= 15 is 0 Å². The van der Waals surface area contributed by atoms with E-state index in [-0.39, 0.29) is 28.2 Å². The van der Waals surface area contributed by atoms with E-state index in [2.05, 4.69) is 10.3 Å². The Hall–Kier alpha value is -3.04. The van der Waals surface area contributed by atoms with Gasteiger partial charge in [-0.25, -0.2) is 4.79 Å². The Kier molecular flexibility index (Phi) is 3.76. The maximum Gasteiger partial charge on any atom is 0.338 e. The summed E-state index contributed by atoms with van der Waals surface area (Å²) < 4.78 is 1.81. The van der Waals surface area contributed by atoms with Crippen LogP contribution < -0.4 is 20.6 Å². The zero-order chi connectivity index (χ0) is 16.6. The molecule has 0 spiro atoms. The molecule has 0 atom stereocenters. The van der Waals surface area contributed by atoms with Gasteiger partial charge < -0.3 is 14.8 Å². The molecule has 0 aliphatic carbocycles. The molecule has 0 bridgehead atoms. The number of rotatable bonds is 4. The van der Waals surface area contributed by atoms with Gasteiger partial charge in [0.05, 0.1) is 11.3 Å². The second kappa shape index (κ2) is 5.39. The van der Waals surface area contributed by atoms with Crippen molar-refractivity contribution in [1.29, 1.82) is 0 Å². The lowest BCUT2D eigenvalue weighted by atomic mass is 10.2. The number of anilines is 1. The fraction of sp³-hybridized carbons (Fsp3) is 0.333. The molecule has 2 heterocycles. The molecule has 0 aliphatic rings. The molecule has 0 aromatic carbocycles. The molecule has 0 saturated carbocycles. The smallest absolute Gasteiger partial charge is 0.338 e. The molecule has 0 unspecified atom stereocenters. The summed E-state index contributed by atoms with van der Waals surface area (Å²) in [4.78, 5) is 49.1. The van der Waals surface area contributed by atoms with Gasteiger partial charge in [-0.3, -0.25) is 14.9 Å². The van der Waals surface area contributed by atoms with Crippen LogP contribution >= 0.6 is 0 Å². The molecule has 2 N–H and O–H groups in total. The Morgan fingerprint density at radius 2 is 1.82 bits per heavy atom. The third-order valence-corrected chi connectivity index (χ3v) is 3.00. The number of aromatic carboxylic acids is 1. The van der Waals surface area contributed by atoms with Crippen molar-refractivity contribution in [3.8, 4) is 0 Å². The van der Waals surface area contributed by atoms with Gasteiger partial charge >= 0.3 is 5.97 Å². The number of fused-ring (bicyclic) bond motifs is 1. The zero-order valence-electron chi connectivity index (χ0n) is 12.3. The lowest BCUT2D eigenvalue weighted by molar-refractivity contribution is -0.114. The van der Waals surface area contributed by atoms with Gasteiger partial charge in [-0.05, 0) is 6.92 Å². The highest BCUT2D eigenvalue weighted by Crippen LogP contribution is 2.22. The van der Waals surface area contributed by atoms with Crippen molar-refractivity contribution in [2.75, 3.05) is 19.5 Å². The summed E-state index contributed by atoms with van der Waals surface area (Å²) in [6, 6.07) is 0. The lowest BCUT2D eigenvalue weighted by Crippen LogP contribution is -2.30. The molecule has 2 aromatic heterocycles. The van der Waals surface area contributed by atoms with Crippen molar-refractivity contribution < 1.29 is 24.4 Å². The number of carboxylic acid groups (broad SMARTS) is 1. The third kappa shape index (κ3) is 2.14. The first-order valence-corrected chi connectivity index (χ1v) is 6.11. The summed E-state index contributed by atoms with van der Waals surface area (Å²) in [5.74, 6) is -1.95. The monoisotopic (exact) mass is 310 g/mol. The predicted molar refractivity (Wildman–Crippen MR) is 75.0 cm³/mol. The van der Waals surface area contributed by atoms with Crippen LogP contribution in [0.4, 0.5) is 5.95 Å². The molecule has 118 valence electrons. The third-order valence-electron chi connectivity index (χ3n) is 3.00. The van der Waals surface area contributed by atoms with Crippen LogP contribution in [0.15, 0.2) is 4.79 Å². The quantitative estimate of drug-likeness (QED) is 0.763. The largest absolute Gasteiger partial charge is 0.478 e. The Morgan fingerprint density at radius 1 is 1.23 bits per heavy atom. The van der Waals surface area contributed by atoms with E-state index in [1.54, 1.807) is 0 Å². The van der Waals surface area contributed by atoms with E-state index in [0.717, 1.165) is 4.73 Å². The minimum atomic E-state index is -1.30. The van der Waals surface area contributed by atoms with Crippen LogP contribution in [-0.2, 0) is 4.79 Å². The van der Waals surface area contributed by atoms with Crippen LogP contribution in [0, 0.1) is 6.92 Å². The number of hydrogen-bond donors (Lipinski definition) is 2. The van der Waals surface area contributed by atoms with Gasteiger partial charge in [0.15, 0.2) is 5.65 Å². The van der Waals surface area contributed by atoms with Crippen molar-refractivity contribution >= 4 is 28.9 Å². The van der Waals surface area contributed by atoms with Gasteiger partial charge in [0.25, 0.3) is 5.56 Å². The van der Waals surface area contributed by atoms with E-state index in [1.165, 1.54) is 28.1 Å². The summed E-state index contributed by atoms with van der Waals surface area (Å²) in [5.41, 5.74) is -0.848. The number of nitrogens with one attached hydrogen (secondary N) is 1. The normalized spacial score (nSPS) is 10.5. The average molecular weight is 310 g/mol. The van der Waals surface area contributed by atoms with Crippen molar-refractivity contribution in [1.82, 2.24) is 14.4 Å². The van der Waals surface area contributed by atoms with E-state index in [0.29, 0.717) is 4.73 Å². The fourth-order valence-electron chi connectivity index (χ4n) is 2.19. The van der Waals surface area contributed by atoms with Crippen LogP contribution in [0.3, 0.4) is 0 Å². The van der Waals surface area contributed by atoms with Gasteiger partial charge in [0.2, 0.25) is 11.9 Å². The zero-order valence-corrected chi connectivity index (χ0v) is 12.3. The highest BCUT2D eigenvalue weighted by molar-refractivity contribution is 6.04. The molecule has 2 rings (SSSR count). The van der Waals surface area contributed by atoms with Crippen molar-refractivity contribution in [2.45, 2.75) is 13.8 Å². The number of aromatic nitrogens is 3. The molecule has 0 saturated heterocycles. The number of amides is 1. The number of hydrogen-bond acceptors (Lipinski definition) is 6. The molecule has 0 aliphatic heterocycles. The van der Waals surface area contributed by atoms with Crippen LogP contribution in [0.2, 0.25) is 0 Å². The van der Waals surface area contributed by atoms with Gasteiger partial charge in [-0.15, -0.1) is 4.73 Å².